The van der Waals surface area contributed by atoms with E-state index in [-0.39, 0.29) is 23.6 Å². The van der Waals surface area contributed by atoms with Crippen molar-refractivity contribution in [3.63, 3.8) is 0 Å². The summed E-state index contributed by atoms with van der Waals surface area (Å²) >= 11 is 12.1. The number of ether oxygens (including phenoxy) is 1. The lowest BCUT2D eigenvalue weighted by Crippen LogP contribution is -2.48. The minimum atomic E-state index is -3.69. The van der Waals surface area contributed by atoms with Gasteiger partial charge >= 0.3 is 6.03 Å². The lowest BCUT2D eigenvalue weighted by Gasteiger charge is -2.33. The lowest BCUT2D eigenvalue weighted by molar-refractivity contribution is -0.0287. The molecule has 0 aliphatic carbocycles. The van der Waals surface area contributed by atoms with E-state index in [0.29, 0.717) is 35.4 Å². The van der Waals surface area contributed by atoms with Crippen molar-refractivity contribution in [2.24, 2.45) is 0 Å². The molecule has 8 nitrogen and oxygen atoms in total. The summed E-state index contributed by atoms with van der Waals surface area (Å²) in [7, 11) is -3.69. The maximum Gasteiger partial charge on any atom is 0.315 e. The van der Waals surface area contributed by atoms with Crippen molar-refractivity contribution in [2.45, 2.75) is 24.1 Å². The number of morpholine rings is 1. The minimum Gasteiger partial charge on any atom is -0.374 e. The minimum absolute atomic E-state index is 0.135. The number of anilines is 1. The average molecular weight is 564 g/mol. The van der Waals surface area contributed by atoms with Crippen LogP contribution >= 0.6 is 23.2 Å². The molecule has 1 fully saturated rings. The fourth-order valence-corrected chi connectivity index (χ4v) is 5.28. The summed E-state index contributed by atoms with van der Waals surface area (Å²) in [5.74, 6) is 0. The van der Waals surface area contributed by atoms with E-state index in [0.717, 1.165) is 24.2 Å². The van der Waals surface area contributed by atoms with E-state index in [1.54, 1.807) is 42.5 Å². The first-order valence-corrected chi connectivity index (χ1v) is 14.0. The number of halogens is 2. The number of carbonyl (C=O) groups excluding carboxylic acids is 1. The number of nitrogens with zero attached hydrogens (tertiary/aromatic N) is 1. The zero-order chi connectivity index (χ0) is 26.3. The number of para-hydroxylation sites is 1. The van der Waals surface area contributed by atoms with Crippen LogP contribution in [0.3, 0.4) is 0 Å². The Bertz CT molecular complexity index is 1310. The Morgan fingerprint density at radius 3 is 2.41 bits per heavy atom. The molecule has 1 aliphatic heterocycles. The third-order valence-electron chi connectivity index (χ3n) is 5.82. The van der Waals surface area contributed by atoms with Gasteiger partial charge in [-0.3, -0.25) is 9.62 Å². The Morgan fingerprint density at radius 1 is 0.946 bits per heavy atom. The van der Waals surface area contributed by atoms with Gasteiger partial charge in [-0.05, 0) is 47.5 Å². The normalized spacial score (nSPS) is 16.2. The maximum absolute atomic E-state index is 12.6. The summed E-state index contributed by atoms with van der Waals surface area (Å²) in [4.78, 5) is 14.7. The van der Waals surface area contributed by atoms with Gasteiger partial charge in [0.25, 0.3) is 10.0 Å². The van der Waals surface area contributed by atoms with Crippen LogP contribution < -0.4 is 15.4 Å². The summed E-state index contributed by atoms with van der Waals surface area (Å²) in [6, 6.07) is 20.3. The Balaban J connectivity index is 1.20. The molecule has 0 aromatic heterocycles. The van der Waals surface area contributed by atoms with Crippen molar-refractivity contribution in [1.82, 2.24) is 15.5 Å². The molecule has 4 rings (SSSR count). The molecule has 37 heavy (non-hydrogen) atoms. The summed E-state index contributed by atoms with van der Waals surface area (Å²) in [6.45, 7) is 3.38. The molecule has 2 amide bonds. The van der Waals surface area contributed by atoms with E-state index < -0.39 is 10.0 Å². The van der Waals surface area contributed by atoms with Crippen LogP contribution in [0.4, 0.5) is 10.5 Å². The number of benzene rings is 3. The summed E-state index contributed by atoms with van der Waals surface area (Å²) < 4.78 is 33.4. The van der Waals surface area contributed by atoms with Gasteiger partial charge in [-0.2, -0.15) is 0 Å². The van der Waals surface area contributed by atoms with Gasteiger partial charge in [0.15, 0.2) is 0 Å². The standard InChI is InChI=1S/C26H28Cl2N4O4S/c27-24-11-8-20(14-25(24)28)17-32-12-13-36-22(18-32)16-30-26(33)29-15-19-6-9-23(10-7-19)37(34,35)31-21-4-2-1-3-5-21/h1-11,14,22,31H,12-13,15-18H2,(H2,29,30,33)/t22-/m0/s1. The van der Waals surface area contributed by atoms with Crippen LogP contribution in [0.25, 0.3) is 0 Å². The first-order chi connectivity index (χ1) is 17.8. The van der Waals surface area contributed by atoms with Crippen LogP contribution in [0.1, 0.15) is 11.1 Å². The van der Waals surface area contributed by atoms with Crippen LogP contribution in [0.15, 0.2) is 77.7 Å². The topological polar surface area (TPSA) is 99.8 Å². The monoisotopic (exact) mass is 562 g/mol. The highest BCUT2D eigenvalue weighted by Crippen LogP contribution is 2.23. The van der Waals surface area contributed by atoms with Crippen molar-refractivity contribution >= 4 is 44.9 Å². The van der Waals surface area contributed by atoms with E-state index in [4.69, 9.17) is 27.9 Å². The predicted molar refractivity (Wildman–Crippen MR) is 145 cm³/mol. The van der Waals surface area contributed by atoms with Crippen molar-refractivity contribution in [2.75, 3.05) is 31.0 Å². The number of urea groups is 1. The molecule has 3 aromatic rings. The molecule has 1 heterocycles. The van der Waals surface area contributed by atoms with E-state index in [2.05, 4.69) is 20.3 Å². The van der Waals surface area contributed by atoms with Crippen molar-refractivity contribution in [3.05, 3.63) is 94.0 Å². The smallest absolute Gasteiger partial charge is 0.315 e. The number of amides is 2. The van der Waals surface area contributed by atoms with E-state index in [1.165, 1.54) is 12.1 Å². The quantitative estimate of drug-likeness (QED) is 0.356. The second-order valence-corrected chi connectivity index (χ2v) is 11.2. The van der Waals surface area contributed by atoms with Crippen LogP contribution in [0, 0.1) is 0 Å². The fraction of sp³-hybridized carbons (Fsp3) is 0.269. The maximum atomic E-state index is 12.6. The van der Waals surface area contributed by atoms with Gasteiger partial charge in [-0.25, -0.2) is 13.2 Å². The van der Waals surface area contributed by atoms with Gasteiger partial charge in [0.1, 0.15) is 0 Å². The predicted octanol–water partition coefficient (Wildman–Crippen LogP) is 4.49. The molecule has 0 spiro atoms. The lowest BCUT2D eigenvalue weighted by atomic mass is 10.2. The van der Waals surface area contributed by atoms with Crippen LogP contribution in [-0.2, 0) is 27.8 Å². The van der Waals surface area contributed by atoms with Gasteiger partial charge in [-0.1, -0.05) is 59.6 Å². The summed E-state index contributed by atoms with van der Waals surface area (Å²) in [6.07, 6.45) is -0.135. The second-order valence-electron chi connectivity index (χ2n) is 8.66. The van der Waals surface area contributed by atoms with Gasteiger partial charge in [-0.15, -0.1) is 0 Å². The van der Waals surface area contributed by atoms with Crippen molar-refractivity contribution in [1.29, 1.82) is 0 Å². The van der Waals surface area contributed by atoms with E-state index in [1.807, 2.05) is 18.2 Å². The number of nitrogens with one attached hydrogen (secondary N) is 3. The summed E-state index contributed by atoms with van der Waals surface area (Å²) in [5.41, 5.74) is 2.33. The van der Waals surface area contributed by atoms with Crippen LogP contribution in [-0.4, -0.2) is 51.7 Å². The zero-order valence-corrected chi connectivity index (χ0v) is 22.3. The number of sulfonamides is 1. The highest BCUT2D eigenvalue weighted by Gasteiger charge is 2.21. The van der Waals surface area contributed by atoms with E-state index >= 15 is 0 Å². The third kappa shape index (κ3) is 8.08. The highest BCUT2D eigenvalue weighted by molar-refractivity contribution is 7.92. The summed E-state index contributed by atoms with van der Waals surface area (Å²) in [5, 5.41) is 6.69. The molecule has 1 aliphatic rings. The molecule has 1 atom stereocenters. The fourth-order valence-electron chi connectivity index (χ4n) is 3.90. The molecular weight excluding hydrogens is 535 g/mol. The first-order valence-electron chi connectivity index (χ1n) is 11.7. The van der Waals surface area contributed by atoms with Gasteiger partial charge in [0, 0.05) is 38.4 Å². The Labute approximate surface area is 227 Å². The number of hydrogen-bond acceptors (Lipinski definition) is 5. The van der Waals surface area contributed by atoms with Crippen molar-refractivity contribution in [3.8, 4) is 0 Å². The van der Waals surface area contributed by atoms with Gasteiger partial charge in [0.05, 0.1) is 27.7 Å². The molecule has 0 saturated carbocycles. The highest BCUT2D eigenvalue weighted by atomic mass is 35.5. The Kier molecular flexibility index (Phi) is 9.28. The SMILES string of the molecule is O=C(NCc1ccc(S(=O)(=O)Nc2ccccc2)cc1)NC[C@H]1CN(Cc2ccc(Cl)c(Cl)c2)CCO1. The molecular formula is C26H28Cl2N4O4S. The largest absolute Gasteiger partial charge is 0.374 e. The number of rotatable bonds is 9. The van der Waals surface area contributed by atoms with Gasteiger partial charge in [0.2, 0.25) is 0 Å². The molecule has 11 heteroatoms. The Morgan fingerprint density at radius 2 is 1.68 bits per heavy atom. The average Bonchev–Trinajstić information content (AvgIpc) is 2.89. The third-order valence-corrected chi connectivity index (χ3v) is 7.95. The van der Waals surface area contributed by atoms with Crippen LogP contribution in [0.2, 0.25) is 10.0 Å². The molecule has 0 radical (unpaired) electrons. The molecule has 1 saturated heterocycles. The molecule has 196 valence electrons. The molecule has 3 N–H and O–H groups in total. The molecule has 0 bridgehead atoms. The number of carbonyl (C=O) groups is 1. The van der Waals surface area contributed by atoms with Gasteiger partial charge < -0.3 is 15.4 Å². The second kappa shape index (κ2) is 12.6. The number of hydrogen-bond donors (Lipinski definition) is 3. The van der Waals surface area contributed by atoms with E-state index in [9.17, 15) is 13.2 Å². The van der Waals surface area contributed by atoms with Crippen LogP contribution in [0.5, 0.6) is 0 Å². The first kappa shape index (κ1) is 27.2. The zero-order valence-electron chi connectivity index (χ0n) is 20.0. The molecule has 3 aromatic carbocycles. The molecule has 0 unspecified atom stereocenters. The van der Waals surface area contributed by atoms with Crippen molar-refractivity contribution < 1.29 is 17.9 Å². The Hall–Kier alpha value is -2.82.